The molecule has 0 radical (unpaired) electrons. The van der Waals surface area contributed by atoms with Crippen LogP contribution >= 0.6 is 0 Å². The van der Waals surface area contributed by atoms with Crippen molar-refractivity contribution in [2.24, 2.45) is 23.7 Å². The normalized spacial score (nSPS) is 32.2. The second-order valence-corrected chi connectivity index (χ2v) is 9.29. The first-order valence-electron chi connectivity index (χ1n) is 11.3. The van der Waals surface area contributed by atoms with Crippen molar-refractivity contribution in [2.45, 2.75) is 90.6 Å². The summed E-state index contributed by atoms with van der Waals surface area (Å²) in [4.78, 5) is 11.1. The molecule has 0 aromatic carbocycles. The van der Waals surface area contributed by atoms with E-state index in [0.717, 1.165) is 18.4 Å². The molecule has 5 heteroatoms. The molecule has 0 spiro atoms. The van der Waals surface area contributed by atoms with E-state index in [0.29, 0.717) is 37.2 Å². The van der Waals surface area contributed by atoms with Crippen LogP contribution in [0.15, 0.2) is 23.8 Å². The highest BCUT2D eigenvalue weighted by Crippen LogP contribution is 2.44. The molecule has 29 heavy (non-hydrogen) atoms. The first kappa shape index (κ1) is 24.3. The summed E-state index contributed by atoms with van der Waals surface area (Å²) < 4.78 is 6.29. The first-order valence-corrected chi connectivity index (χ1v) is 11.3. The number of rotatable bonds is 11. The lowest BCUT2D eigenvalue weighted by Crippen LogP contribution is -2.42. The Hall–Kier alpha value is -1.01. The molecule has 0 aromatic rings. The Labute approximate surface area is 175 Å². The van der Waals surface area contributed by atoms with Crippen molar-refractivity contribution in [3.8, 4) is 0 Å². The van der Waals surface area contributed by atoms with Gasteiger partial charge in [-0.05, 0) is 49.5 Å². The minimum atomic E-state index is -0.780. The van der Waals surface area contributed by atoms with Crippen molar-refractivity contribution >= 4 is 5.78 Å². The molecule has 0 heterocycles. The highest BCUT2D eigenvalue weighted by Gasteiger charge is 2.40. The van der Waals surface area contributed by atoms with E-state index in [1.54, 1.807) is 0 Å². The zero-order valence-corrected chi connectivity index (χ0v) is 18.5. The topological polar surface area (TPSA) is 87.0 Å². The number of hydrogen-bond acceptors (Lipinski definition) is 5. The van der Waals surface area contributed by atoms with E-state index in [9.17, 15) is 20.1 Å². The summed E-state index contributed by atoms with van der Waals surface area (Å²) in [6, 6.07) is 0. The van der Waals surface area contributed by atoms with Crippen LogP contribution in [0.2, 0.25) is 0 Å². The SMILES string of the molecule is CC[C@H](C)CO[C@H]1C[C@H](O)C=C2C=C[C@H](C)[C@H](CC[C@@H](O)C[C@@H](O)CC(C)=O)[C@H]21. The molecular formula is C24H40O5. The summed E-state index contributed by atoms with van der Waals surface area (Å²) in [6.07, 6.45) is 7.79. The molecule has 0 amide bonds. The molecule has 0 aliphatic heterocycles. The number of carbonyl (C=O) groups is 1. The molecule has 0 saturated heterocycles. The summed E-state index contributed by atoms with van der Waals surface area (Å²) in [5.74, 6) is 1.32. The second-order valence-electron chi connectivity index (χ2n) is 9.29. The molecule has 3 N–H and O–H groups in total. The maximum Gasteiger partial charge on any atom is 0.132 e. The van der Waals surface area contributed by atoms with Crippen LogP contribution in [0, 0.1) is 23.7 Å². The lowest BCUT2D eigenvalue weighted by Gasteiger charge is -2.43. The second kappa shape index (κ2) is 11.4. The van der Waals surface area contributed by atoms with Gasteiger partial charge in [-0.1, -0.05) is 45.4 Å². The van der Waals surface area contributed by atoms with E-state index in [-0.39, 0.29) is 30.6 Å². The third kappa shape index (κ3) is 7.32. The Bertz CT molecular complexity index is 584. The summed E-state index contributed by atoms with van der Waals surface area (Å²) >= 11 is 0. The van der Waals surface area contributed by atoms with Gasteiger partial charge in [0.05, 0.1) is 24.4 Å². The van der Waals surface area contributed by atoms with Gasteiger partial charge in [-0.3, -0.25) is 4.79 Å². The molecule has 2 aliphatic carbocycles. The van der Waals surface area contributed by atoms with Crippen LogP contribution in [0.3, 0.4) is 0 Å². The van der Waals surface area contributed by atoms with E-state index in [4.69, 9.17) is 4.74 Å². The average molecular weight is 409 g/mol. The summed E-state index contributed by atoms with van der Waals surface area (Å²) in [6.45, 7) is 8.69. The zero-order chi connectivity index (χ0) is 21.6. The number of carbonyl (C=O) groups excluding carboxylic acids is 1. The van der Waals surface area contributed by atoms with Gasteiger partial charge in [-0.25, -0.2) is 0 Å². The lowest BCUT2D eigenvalue weighted by atomic mass is 9.66. The van der Waals surface area contributed by atoms with Gasteiger partial charge in [-0.15, -0.1) is 0 Å². The fraction of sp³-hybridized carbons (Fsp3) is 0.792. The van der Waals surface area contributed by atoms with E-state index >= 15 is 0 Å². The van der Waals surface area contributed by atoms with E-state index in [1.165, 1.54) is 6.92 Å². The maximum absolute atomic E-state index is 11.1. The predicted molar refractivity (Wildman–Crippen MR) is 114 cm³/mol. The zero-order valence-electron chi connectivity index (χ0n) is 18.5. The van der Waals surface area contributed by atoms with Gasteiger partial charge in [0.1, 0.15) is 5.78 Å². The average Bonchev–Trinajstić information content (AvgIpc) is 2.64. The van der Waals surface area contributed by atoms with E-state index in [1.807, 2.05) is 6.08 Å². The molecule has 0 bridgehead atoms. The molecule has 0 fully saturated rings. The van der Waals surface area contributed by atoms with Crippen molar-refractivity contribution in [3.63, 3.8) is 0 Å². The van der Waals surface area contributed by atoms with E-state index in [2.05, 4.69) is 32.9 Å². The standard InChI is InChI=1S/C24H40O5/c1-5-15(2)14-29-23-13-21(28)11-18-7-6-16(3)22(24(18)23)9-8-19(26)12-20(27)10-17(4)25/h6-7,11,15-16,19-24,26-28H,5,8-10,12-14H2,1-4H3/t15-,16-,19+,20-,21+,22-,23-,24-/m0/s1. The molecule has 0 unspecified atom stereocenters. The van der Waals surface area contributed by atoms with Crippen molar-refractivity contribution in [1.29, 1.82) is 0 Å². The molecule has 0 saturated carbocycles. The highest BCUT2D eigenvalue weighted by atomic mass is 16.5. The molecule has 8 atom stereocenters. The van der Waals surface area contributed by atoms with Crippen LogP contribution < -0.4 is 0 Å². The maximum atomic E-state index is 11.1. The molecule has 166 valence electrons. The first-order chi connectivity index (χ1) is 13.7. The Balaban J connectivity index is 2.03. The van der Waals surface area contributed by atoms with E-state index < -0.39 is 18.3 Å². The monoisotopic (exact) mass is 408 g/mol. The van der Waals surface area contributed by atoms with Gasteiger partial charge >= 0.3 is 0 Å². The van der Waals surface area contributed by atoms with Crippen LogP contribution in [0.1, 0.15) is 66.2 Å². The Morgan fingerprint density at radius 2 is 2.03 bits per heavy atom. The molecule has 2 rings (SSSR count). The van der Waals surface area contributed by atoms with Crippen LogP contribution in [0.25, 0.3) is 0 Å². The lowest BCUT2D eigenvalue weighted by molar-refractivity contribution is -0.119. The van der Waals surface area contributed by atoms with Gasteiger partial charge in [0.25, 0.3) is 0 Å². The number of aliphatic hydroxyl groups excluding tert-OH is 3. The van der Waals surface area contributed by atoms with Gasteiger partial charge in [0.2, 0.25) is 0 Å². The van der Waals surface area contributed by atoms with Gasteiger partial charge in [-0.2, -0.15) is 0 Å². The van der Waals surface area contributed by atoms with Crippen LogP contribution in [-0.2, 0) is 9.53 Å². The summed E-state index contributed by atoms with van der Waals surface area (Å²) in [7, 11) is 0. The molecular weight excluding hydrogens is 368 g/mol. The summed E-state index contributed by atoms with van der Waals surface area (Å²) in [5.41, 5.74) is 1.15. The summed E-state index contributed by atoms with van der Waals surface area (Å²) in [5, 5.41) is 30.6. The largest absolute Gasteiger partial charge is 0.393 e. The minimum Gasteiger partial charge on any atom is -0.393 e. The Morgan fingerprint density at radius 3 is 2.69 bits per heavy atom. The minimum absolute atomic E-state index is 0.0168. The van der Waals surface area contributed by atoms with Crippen LogP contribution in [0.4, 0.5) is 0 Å². The number of fused-ring (bicyclic) bond motifs is 1. The van der Waals surface area contributed by atoms with Gasteiger partial charge in [0, 0.05) is 25.4 Å². The third-order valence-corrected chi connectivity index (χ3v) is 6.57. The quantitative estimate of drug-likeness (QED) is 0.488. The predicted octanol–water partition coefficient (Wildman–Crippen LogP) is 3.42. The van der Waals surface area contributed by atoms with Crippen molar-refractivity contribution in [3.05, 3.63) is 23.8 Å². The molecule has 2 aliphatic rings. The number of Topliss-reactive ketones (excluding diaryl/α,β-unsaturated/α-hetero) is 1. The fourth-order valence-electron chi connectivity index (χ4n) is 4.67. The van der Waals surface area contributed by atoms with Gasteiger partial charge in [0.15, 0.2) is 0 Å². The van der Waals surface area contributed by atoms with Gasteiger partial charge < -0.3 is 20.1 Å². The molecule has 0 aromatic heterocycles. The fourth-order valence-corrected chi connectivity index (χ4v) is 4.67. The van der Waals surface area contributed by atoms with Crippen molar-refractivity contribution < 1.29 is 24.9 Å². The number of ether oxygens (including phenoxy) is 1. The molecule has 5 nitrogen and oxygen atoms in total. The smallest absolute Gasteiger partial charge is 0.132 e. The number of aliphatic hydroxyl groups is 3. The number of allylic oxidation sites excluding steroid dienone is 2. The Kier molecular flexibility index (Phi) is 9.54. The highest BCUT2D eigenvalue weighted by molar-refractivity contribution is 5.75. The number of hydrogen-bond donors (Lipinski definition) is 3. The van der Waals surface area contributed by atoms with Crippen molar-refractivity contribution in [2.75, 3.05) is 6.61 Å². The van der Waals surface area contributed by atoms with Crippen LogP contribution in [-0.4, -0.2) is 52.1 Å². The van der Waals surface area contributed by atoms with Crippen LogP contribution in [0.5, 0.6) is 0 Å². The third-order valence-electron chi connectivity index (χ3n) is 6.57. The Morgan fingerprint density at radius 1 is 1.31 bits per heavy atom. The number of ketones is 1. The van der Waals surface area contributed by atoms with Crippen molar-refractivity contribution in [1.82, 2.24) is 0 Å².